The van der Waals surface area contributed by atoms with E-state index in [0.717, 1.165) is 31.7 Å². The van der Waals surface area contributed by atoms with Crippen LogP contribution in [0.1, 0.15) is 39.2 Å². The Labute approximate surface area is 128 Å². The van der Waals surface area contributed by atoms with Crippen molar-refractivity contribution in [2.45, 2.75) is 40.2 Å². The van der Waals surface area contributed by atoms with E-state index in [1.807, 2.05) is 18.2 Å². The van der Waals surface area contributed by atoms with Crippen molar-refractivity contribution < 1.29 is 4.79 Å². The van der Waals surface area contributed by atoms with Crippen molar-refractivity contribution in [1.82, 2.24) is 4.90 Å². The molecule has 1 rings (SSSR count). The van der Waals surface area contributed by atoms with Gasteiger partial charge in [-0.05, 0) is 43.6 Å². The van der Waals surface area contributed by atoms with Gasteiger partial charge >= 0.3 is 0 Å². The van der Waals surface area contributed by atoms with Crippen LogP contribution in [0, 0.1) is 5.92 Å². The molecule has 4 nitrogen and oxygen atoms in total. The molecule has 0 aliphatic rings. The van der Waals surface area contributed by atoms with Gasteiger partial charge in [-0.1, -0.05) is 39.0 Å². The number of hydrogen-bond donors (Lipinski definition) is 2. The summed E-state index contributed by atoms with van der Waals surface area (Å²) < 4.78 is 0. The maximum atomic E-state index is 12.0. The Morgan fingerprint density at radius 3 is 2.57 bits per heavy atom. The van der Waals surface area contributed by atoms with Crippen molar-refractivity contribution in [3.05, 3.63) is 29.8 Å². The van der Waals surface area contributed by atoms with E-state index < -0.39 is 0 Å². The lowest BCUT2D eigenvalue weighted by Crippen LogP contribution is -2.23. The normalized spacial score (nSPS) is 12.4. The summed E-state index contributed by atoms with van der Waals surface area (Å²) in [6.45, 7) is 9.88. The summed E-state index contributed by atoms with van der Waals surface area (Å²) in [6, 6.07) is 8.04. The minimum Gasteiger partial charge on any atom is -0.330 e. The van der Waals surface area contributed by atoms with Crippen LogP contribution in [0.2, 0.25) is 0 Å². The smallest absolute Gasteiger partial charge is 0.224 e. The van der Waals surface area contributed by atoms with Gasteiger partial charge in [0.1, 0.15) is 0 Å². The third-order valence-electron chi connectivity index (χ3n) is 3.85. The number of anilines is 1. The fourth-order valence-corrected chi connectivity index (χ4v) is 2.18. The summed E-state index contributed by atoms with van der Waals surface area (Å²) in [6.07, 6.45) is 1.36. The fourth-order valence-electron chi connectivity index (χ4n) is 2.18. The lowest BCUT2D eigenvalue weighted by molar-refractivity contribution is -0.116. The Kier molecular flexibility index (Phi) is 8.01. The Bertz CT molecular complexity index is 430. The second-order valence-electron chi connectivity index (χ2n) is 5.55. The summed E-state index contributed by atoms with van der Waals surface area (Å²) in [5.41, 5.74) is 7.68. The third-order valence-corrected chi connectivity index (χ3v) is 3.85. The van der Waals surface area contributed by atoms with Crippen LogP contribution >= 0.6 is 0 Å². The zero-order valence-corrected chi connectivity index (χ0v) is 13.6. The molecule has 1 unspecified atom stereocenters. The summed E-state index contributed by atoms with van der Waals surface area (Å²) in [7, 11) is 0. The highest BCUT2D eigenvalue weighted by atomic mass is 16.1. The lowest BCUT2D eigenvalue weighted by atomic mass is 10.1. The van der Waals surface area contributed by atoms with Crippen LogP contribution in [-0.4, -0.2) is 30.4 Å². The molecule has 0 spiro atoms. The molecule has 0 saturated carbocycles. The summed E-state index contributed by atoms with van der Waals surface area (Å²) in [5.74, 6) is 0.462. The number of benzene rings is 1. The summed E-state index contributed by atoms with van der Waals surface area (Å²) >= 11 is 0. The highest BCUT2D eigenvalue weighted by Gasteiger charge is 2.10. The molecule has 0 fully saturated rings. The monoisotopic (exact) mass is 291 g/mol. The zero-order valence-electron chi connectivity index (χ0n) is 13.6. The van der Waals surface area contributed by atoms with Gasteiger partial charge in [0.15, 0.2) is 0 Å². The van der Waals surface area contributed by atoms with Gasteiger partial charge < -0.3 is 11.1 Å². The van der Waals surface area contributed by atoms with Crippen LogP contribution in [0.5, 0.6) is 0 Å². The van der Waals surface area contributed by atoms with E-state index in [0.29, 0.717) is 18.9 Å². The van der Waals surface area contributed by atoms with Gasteiger partial charge in [0.05, 0.1) is 0 Å². The molecule has 0 aliphatic carbocycles. The van der Waals surface area contributed by atoms with Crippen molar-refractivity contribution in [1.29, 1.82) is 0 Å². The van der Waals surface area contributed by atoms with Crippen molar-refractivity contribution in [2.75, 3.05) is 25.0 Å². The van der Waals surface area contributed by atoms with Crippen LogP contribution in [0.15, 0.2) is 24.3 Å². The van der Waals surface area contributed by atoms with Gasteiger partial charge in [0, 0.05) is 18.7 Å². The minimum absolute atomic E-state index is 0.0716. The number of para-hydroxylation sites is 1. The molecule has 0 aromatic heterocycles. The Hall–Kier alpha value is -1.39. The molecule has 1 amide bonds. The van der Waals surface area contributed by atoms with Gasteiger partial charge in [-0.3, -0.25) is 9.69 Å². The molecule has 1 aromatic rings. The van der Waals surface area contributed by atoms with Crippen LogP contribution in [-0.2, 0) is 11.3 Å². The van der Waals surface area contributed by atoms with Crippen molar-refractivity contribution in [2.24, 2.45) is 11.7 Å². The van der Waals surface area contributed by atoms with E-state index in [4.69, 9.17) is 5.73 Å². The maximum absolute atomic E-state index is 12.0. The minimum atomic E-state index is 0.0716. The average Bonchev–Trinajstić information content (AvgIpc) is 2.51. The molecule has 0 radical (unpaired) electrons. The van der Waals surface area contributed by atoms with E-state index in [9.17, 15) is 4.79 Å². The van der Waals surface area contributed by atoms with Crippen LogP contribution in [0.3, 0.4) is 0 Å². The molecule has 1 atom stereocenters. The van der Waals surface area contributed by atoms with Crippen LogP contribution < -0.4 is 11.1 Å². The molecule has 4 heteroatoms. The number of nitrogens with zero attached hydrogens (tertiary/aromatic N) is 1. The number of rotatable bonds is 9. The highest BCUT2D eigenvalue weighted by Crippen LogP contribution is 2.18. The first-order chi connectivity index (χ1) is 10.1. The number of carbonyl (C=O) groups excluding carboxylic acids is 1. The molecule has 0 aliphatic heterocycles. The molecule has 0 bridgehead atoms. The quantitative estimate of drug-likeness (QED) is 0.735. The first-order valence-electron chi connectivity index (χ1n) is 7.90. The standard InChI is InChI=1S/C17H29N3O/c1-4-20(5-2)13-15-8-6-7-9-16(15)19-17(21)11-10-14(3)12-18/h6-9,14H,4-5,10-13,18H2,1-3H3,(H,19,21). The molecule has 0 saturated heterocycles. The molecular formula is C17H29N3O. The predicted octanol–water partition coefficient (Wildman–Crippen LogP) is 2.84. The van der Waals surface area contributed by atoms with Crippen LogP contribution in [0.25, 0.3) is 0 Å². The first kappa shape index (κ1) is 17.7. The van der Waals surface area contributed by atoms with Gasteiger partial charge in [-0.15, -0.1) is 0 Å². The number of carbonyl (C=O) groups is 1. The lowest BCUT2D eigenvalue weighted by Gasteiger charge is -2.20. The number of hydrogen-bond acceptors (Lipinski definition) is 3. The van der Waals surface area contributed by atoms with E-state index >= 15 is 0 Å². The average molecular weight is 291 g/mol. The third kappa shape index (κ3) is 6.27. The molecule has 0 heterocycles. The molecule has 21 heavy (non-hydrogen) atoms. The van der Waals surface area contributed by atoms with E-state index in [1.54, 1.807) is 0 Å². The van der Waals surface area contributed by atoms with Gasteiger partial charge in [-0.25, -0.2) is 0 Å². The van der Waals surface area contributed by atoms with Crippen molar-refractivity contribution >= 4 is 11.6 Å². The second-order valence-corrected chi connectivity index (χ2v) is 5.55. The fraction of sp³-hybridized carbons (Fsp3) is 0.588. The highest BCUT2D eigenvalue weighted by molar-refractivity contribution is 5.91. The molecular weight excluding hydrogens is 262 g/mol. The van der Waals surface area contributed by atoms with Crippen LogP contribution in [0.4, 0.5) is 5.69 Å². The van der Waals surface area contributed by atoms with E-state index in [-0.39, 0.29) is 5.91 Å². The maximum Gasteiger partial charge on any atom is 0.224 e. The van der Waals surface area contributed by atoms with Crippen molar-refractivity contribution in [3.63, 3.8) is 0 Å². The molecule has 118 valence electrons. The van der Waals surface area contributed by atoms with Gasteiger partial charge in [0.2, 0.25) is 5.91 Å². The van der Waals surface area contributed by atoms with Crippen molar-refractivity contribution in [3.8, 4) is 0 Å². The zero-order chi connectivity index (χ0) is 15.7. The number of nitrogens with two attached hydrogens (primary N) is 1. The van der Waals surface area contributed by atoms with Gasteiger partial charge in [0.25, 0.3) is 0 Å². The Morgan fingerprint density at radius 2 is 1.95 bits per heavy atom. The second kappa shape index (κ2) is 9.53. The van der Waals surface area contributed by atoms with E-state index in [2.05, 4.69) is 37.1 Å². The summed E-state index contributed by atoms with van der Waals surface area (Å²) in [5, 5.41) is 3.04. The Balaban J connectivity index is 2.64. The number of nitrogens with one attached hydrogen (secondary N) is 1. The topological polar surface area (TPSA) is 58.4 Å². The summed E-state index contributed by atoms with van der Waals surface area (Å²) in [4.78, 5) is 14.4. The largest absolute Gasteiger partial charge is 0.330 e. The number of amides is 1. The Morgan fingerprint density at radius 1 is 1.29 bits per heavy atom. The molecule has 1 aromatic carbocycles. The first-order valence-corrected chi connectivity index (χ1v) is 7.90. The van der Waals surface area contributed by atoms with Gasteiger partial charge in [-0.2, -0.15) is 0 Å². The SMILES string of the molecule is CCN(CC)Cc1ccccc1NC(=O)CCC(C)CN. The van der Waals surface area contributed by atoms with E-state index in [1.165, 1.54) is 5.56 Å². The predicted molar refractivity (Wildman–Crippen MR) is 89.1 cm³/mol. The molecule has 3 N–H and O–H groups in total.